The van der Waals surface area contributed by atoms with Crippen molar-refractivity contribution in [2.45, 2.75) is 30.6 Å². The third-order valence-corrected chi connectivity index (χ3v) is 5.55. The van der Waals surface area contributed by atoms with E-state index in [-0.39, 0.29) is 10.6 Å². The number of hydrogen-bond acceptors (Lipinski definition) is 4. The summed E-state index contributed by atoms with van der Waals surface area (Å²) in [6.45, 7) is 2.74. The highest BCUT2D eigenvalue weighted by Gasteiger charge is 2.28. The lowest BCUT2D eigenvalue weighted by atomic mass is 10.1. The topological polar surface area (TPSA) is 57.6 Å². The van der Waals surface area contributed by atoms with E-state index < -0.39 is 9.84 Å². The van der Waals surface area contributed by atoms with Gasteiger partial charge in [-0.15, -0.1) is 0 Å². The molecule has 2 heterocycles. The van der Waals surface area contributed by atoms with Crippen molar-refractivity contribution in [1.82, 2.24) is 4.90 Å². The van der Waals surface area contributed by atoms with Gasteiger partial charge in [-0.1, -0.05) is 12.8 Å². The Balaban J connectivity index is 1.88. The summed E-state index contributed by atoms with van der Waals surface area (Å²) < 4.78 is 24.2. The normalized spacial score (nSPS) is 22.1. The SMILES string of the molecule is O=S1(=O)C=C(CN2CCCCCC2)c2ccc(O)cc21. The number of hydrogen-bond donors (Lipinski definition) is 1. The molecule has 0 radical (unpaired) electrons. The van der Waals surface area contributed by atoms with E-state index in [1.807, 2.05) is 0 Å². The molecule has 5 heteroatoms. The van der Waals surface area contributed by atoms with E-state index in [1.165, 1.54) is 37.2 Å². The first kappa shape index (κ1) is 13.6. The molecule has 2 aliphatic rings. The molecule has 1 N–H and O–H groups in total. The minimum absolute atomic E-state index is 0.00301. The molecular formula is C15H19NO3S. The number of aromatic hydroxyl groups is 1. The van der Waals surface area contributed by atoms with Crippen LogP contribution in [-0.4, -0.2) is 38.1 Å². The molecule has 3 rings (SSSR count). The highest BCUT2D eigenvalue weighted by Crippen LogP contribution is 2.36. The Kier molecular flexibility index (Phi) is 3.56. The molecule has 0 spiro atoms. The van der Waals surface area contributed by atoms with Gasteiger partial charge in [-0.3, -0.25) is 4.90 Å². The van der Waals surface area contributed by atoms with Gasteiger partial charge in [0.1, 0.15) is 5.75 Å². The summed E-state index contributed by atoms with van der Waals surface area (Å²) in [6, 6.07) is 4.60. The van der Waals surface area contributed by atoms with Crippen molar-refractivity contribution < 1.29 is 13.5 Å². The van der Waals surface area contributed by atoms with Crippen LogP contribution in [0.4, 0.5) is 0 Å². The fourth-order valence-corrected chi connectivity index (χ4v) is 4.48. The van der Waals surface area contributed by atoms with Crippen LogP contribution in [0.3, 0.4) is 0 Å². The van der Waals surface area contributed by atoms with Gasteiger partial charge in [-0.2, -0.15) is 0 Å². The lowest BCUT2D eigenvalue weighted by molar-refractivity contribution is 0.320. The monoisotopic (exact) mass is 293 g/mol. The Morgan fingerprint density at radius 1 is 1.10 bits per heavy atom. The Morgan fingerprint density at radius 2 is 1.80 bits per heavy atom. The second kappa shape index (κ2) is 5.22. The van der Waals surface area contributed by atoms with Crippen LogP contribution in [0.2, 0.25) is 0 Å². The second-order valence-electron chi connectivity index (χ2n) is 5.56. The average molecular weight is 293 g/mol. The molecule has 1 saturated heterocycles. The first-order chi connectivity index (χ1) is 9.56. The van der Waals surface area contributed by atoms with Gasteiger partial charge in [-0.05, 0) is 55.3 Å². The molecule has 0 unspecified atom stereocenters. The number of fused-ring (bicyclic) bond motifs is 1. The number of sulfone groups is 1. The van der Waals surface area contributed by atoms with Crippen LogP contribution < -0.4 is 0 Å². The first-order valence-electron chi connectivity index (χ1n) is 7.08. The number of rotatable bonds is 2. The van der Waals surface area contributed by atoms with Crippen molar-refractivity contribution in [3.63, 3.8) is 0 Å². The van der Waals surface area contributed by atoms with Gasteiger partial charge in [0.15, 0.2) is 0 Å². The summed E-state index contributed by atoms with van der Waals surface area (Å²) in [5.41, 5.74) is 1.59. The summed E-state index contributed by atoms with van der Waals surface area (Å²) in [4.78, 5) is 2.57. The molecule has 0 aliphatic carbocycles. The van der Waals surface area contributed by atoms with E-state index in [0.29, 0.717) is 6.54 Å². The maximum atomic E-state index is 12.1. The van der Waals surface area contributed by atoms with Crippen LogP contribution in [0.1, 0.15) is 31.2 Å². The fourth-order valence-electron chi connectivity index (χ4n) is 2.98. The van der Waals surface area contributed by atoms with Crippen LogP contribution in [0.15, 0.2) is 28.5 Å². The average Bonchev–Trinajstić information content (AvgIpc) is 2.59. The van der Waals surface area contributed by atoms with Crippen LogP contribution in [-0.2, 0) is 9.84 Å². The Bertz CT molecular complexity index is 641. The van der Waals surface area contributed by atoms with Crippen LogP contribution in [0.5, 0.6) is 5.75 Å². The molecule has 1 aromatic carbocycles. The van der Waals surface area contributed by atoms with E-state index in [9.17, 15) is 13.5 Å². The molecule has 0 saturated carbocycles. The predicted molar refractivity (Wildman–Crippen MR) is 78.2 cm³/mol. The molecule has 4 nitrogen and oxygen atoms in total. The summed E-state index contributed by atoms with van der Waals surface area (Å²) in [5.74, 6) is -0.00301. The molecule has 0 aromatic heterocycles. The highest BCUT2D eigenvalue weighted by molar-refractivity contribution is 7.95. The minimum Gasteiger partial charge on any atom is -0.508 e. The van der Waals surface area contributed by atoms with Gasteiger partial charge in [0.05, 0.1) is 4.90 Å². The Labute approximate surface area is 119 Å². The molecule has 0 amide bonds. The van der Waals surface area contributed by atoms with Crippen molar-refractivity contribution in [2.24, 2.45) is 0 Å². The van der Waals surface area contributed by atoms with Crippen molar-refractivity contribution in [3.8, 4) is 5.75 Å². The minimum atomic E-state index is -3.39. The standard InChI is InChI=1S/C15H19NO3S/c17-13-5-6-14-12(11-20(18,19)15(14)9-13)10-16-7-3-1-2-4-8-16/h5-6,9,11,17H,1-4,7-8,10H2. The lowest BCUT2D eigenvalue weighted by Crippen LogP contribution is -2.26. The zero-order valence-corrected chi connectivity index (χ0v) is 12.2. The third kappa shape index (κ3) is 2.60. The molecule has 1 aromatic rings. The van der Waals surface area contributed by atoms with E-state index in [0.717, 1.165) is 24.2 Å². The fraction of sp³-hybridized carbons (Fsp3) is 0.467. The van der Waals surface area contributed by atoms with Gasteiger partial charge in [-0.25, -0.2) is 8.42 Å². The number of phenolic OH excluding ortho intramolecular Hbond substituents is 1. The maximum absolute atomic E-state index is 12.1. The van der Waals surface area contributed by atoms with E-state index >= 15 is 0 Å². The third-order valence-electron chi connectivity index (χ3n) is 4.01. The number of nitrogens with zero attached hydrogens (tertiary/aromatic N) is 1. The molecule has 0 bridgehead atoms. The van der Waals surface area contributed by atoms with Crippen molar-refractivity contribution in [2.75, 3.05) is 19.6 Å². The summed E-state index contributed by atoms with van der Waals surface area (Å²) in [7, 11) is -3.39. The molecule has 2 aliphatic heterocycles. The summed E-state index contributed by atoms with van der Waals surface area (Å²) in [5, 5.41) is 10.8. The van der Waals surface area contributed by atoms with Crippen molar-refractivity contribution in [3.05, 3.63) is 29.2 Å². The molecule has 1 fully saturated rings. The van der Waals surface area contributed by atoms with Crippen molar-refractivity contribution >= 4 is 15.4 Å². The Morgan fingerprint density at radius 3 is 2.50 bits per heavy atom. The number of benzene rings is 1. The first-order valence-corrected chi connectivity index (χ1v) is 8.62. The van der Waals surface area contributed by atoms with Crippen LogP contribution in [0.25, 0.3) is 5.57 Å². The molecular weight excluding hydrogens is 274 g/mol. The molecule has 108 valence electrons. The van der Waals surface area contributed by atoms with Crippen LogP contribution in [0, 0.1) is 0 Å². The quantitative estimate of drug-likeness (QED) is 0.909. The van der Waals surface area contributed by atoms with E-state index in [2.05, 4.69) is 4.90 Å². The number of likely N-dealkylation sites (tertiary alicyclic amines) is 1. The highest BCUT2D eigenvalue weighted by atomic mass is 32.2. The van der Waals surface area contributed by atoms with Gasteiger partial charge in [0, 0.05) is 12.0 Å². The summed E-state index contributed by atoms with van der Waals surface area (Å²) in [6.07, 6.45) is 4.89. The van der Waals surface area contributed by atoms with Crippen LogP contribution >= 0.6 is 0 Å². The largest absolute Gasteiger partial charge is 0.508 e. The lowest BCUT2D eigenvalue weighted by Gasteiger charge is -2.20. The van der Waals surface area contributed by atoms with Gasteiger partial charge >= 0.3 is 0 Å². The Hall–Kier alpha value is -1.33. The molecule has 20 heavy (non-hydrogen) atoms. The smallest absolute Gasteiger partial charge is 0.200 e. The zero-order valence-electron chi connectivity index (χ0n) is 11.4. The van der Waals surface area contributed by atoms with E-state index in [1.54, 1.807) is 12.1 Å². The maximum Gasteiger partial charge on any atom is 0.200 e. The van der Waals surface area contributed by atoms with Gasteiger partial charge in [0.25, 0.3) is 0 Å². The summed E-state index contributed by atoms with van der Waals surface area (Å²) >= 11 is 0. The zero-order chi connectivity index (χ0) is 14.2. The number of phenols is 1. The van der Waals surface area contributed by atoms with E-state index in [4.69, 9.17) is 0 Å². The van der Waals surface area contributed by atoms with Gasteiger partial charge in [0.2, 0.25) is 9.84 Å². The second-order valence-corrected chi connectivity index (χ2v) is 7.32. The molecule has 0 atom stereocenters. The van der Waals surface area contributed by atoms with Gasteiger partial charge < -0.3 is 5.11 Å². The predicted octanol–water partition coefficient (Wildman–Crippen LogP) is 2.40. The van der Waals surface area contributed by atoms with Crippen molar-refractivity contribution in [1.29, 1.82) is 0 Å².